The maximum absolute atomic E-state index is 5.63. The Hall–Kier alpha value is -2.55. The zero-order chi connectivity index (χ0) is 18.1. The van der Waals surface area contributed by atoms with Crippen LogP contribution in [0.1, 0.15) is 17.2 Å². The number of benzene rings is 2. The van der Waals surface area contributed by atoms with Gasteiger partial charge in [0, 0.05) is 14.8 Å². The number of hydrogen-bond donors (Lipinski definition) is 1. The molecule has 1 aliphatic heterocycles. The standard InChI is InChI=1S/C19H17IN4O2/c1-25-17-5-3-4-14(18(17)26-2)16-10-15(12-6-8-13(20)9-7-12)23-19-21-11-22-24(16)19/h3-11,16H,1-2H3,(H,21,22,23)/t16-/m1/s1. The van der Waals surface area contributed by atoms with Crippen LogP contribution in [-0.4, -0.2) is 29.0 Å². The van der Waals surface area contributed by atoms with Gasteiger partial charge >= 0.3 is 0 Å². The van der Waals surface area contributed by atoms with Crippen LogP contribution in [0.3, 0.4) is 0 Å². The van der Waals surface area contributed by atoms with Gasteiger partial charge in [-0.25, -0.2) is 4.68 Å². The highest BCUT2D eigenvalue weighted by atomic mass is 127. The van der Waals surface area contributed by atoms with Crippen molar-refractivity contribution in [3.63, 3.8) is 0 Å². The van der Waals surface area contributed by atoms with Crippen molar-refractivity contribution in [3.05, 3.63) is 69.6 Å². The summed E-state index contributed by atoms with van der Waals surface area (Å²) >= 11 is 2.30. The second-order valence-corrected chi connectivity index (χ2v) is 7.01. The van der Waals surface area contributed by atoms with Gasteiger partial charge < -0.3 is 14.8 Å². The summed E-state index contributed by atoms with van der Waals surface area (Å²) in [4.78, 5) is 4.35. The number of methoxy groups -OCH3 is 2. The van der Waals surface area contributed by atoms with Gasteiger partial charge in [0.05, 0.1) is 14.2 Å². The van der Waals surface area contributed by atoms with E-state index in [1.807, 2.05) is 22.9 Å². The Morgan fingerprint density at radius 3 is 2.62 bits per heavy atom. The summed E-state index contributed by atoms with van der Waals surface area (Å²) in [5, 5.41) is 7.74. The van der Waals surface area contributed by atoms with Crippen LogP contribution in [0.25, 0.3) is 5.70 Å². The predicted molar refractivity (Wildman–Crippen MR) is 108 cm³/mol. The molecule has 1 aromatic heterocycles. The lowest BCUT2D eigenvalue weighted by molar-refractivity contribution is 0.349. The molecule has 7 heteroatoms. The molecule has 0 unspecified atom stereocenters. The van der Waals surface area contributed by atoms with Gasteiger partial charge in [-0.3, -0.25) is 0 Å². The Bertz CT molecular complexity index is 966. The first-order chi connectivity index (χ1) is 12.7. The maximum atomic E-state index is 5.63. The molecule has 0 aliphatic carbocycles. The van der Waals surface area contributed by atoms with E-state index in [2.05, 4.69) is 68.3 Å². The summed E-state index contributed by atoms with van der Waals surface area (Å²) in [6.07, 6.45) is 3.67. The highest BCUT2D eigenvalue weighted by molar-refractivity contribution is 14.1. The number of nitrogens with one attached hydrogen (secondary N) is 1. The van der Waals surface area contributed by atoms with Gasteiger partial charge in [-0.05, 0) is 52.4 Å². The van der Waals surface area contributed by atoms with Crippen molar-refractivity contribution in [3.8, 4) is 11.5 Å². The minimum atomic E-state index is -0.159. The van der Waals surface area contributed by atoms with E-state index in [1.165, 1.54) is 3.57 Å². The van der Waals surface area contributed by atoms with Crippen molar-refractivity contribution in [2.24, 2.45) is 0 Å². The van der Waals surface area contributed by atoms with Gasteiger partial charge in [-0.15, -0.1) is 0 Å². The molecule has 132 valence electrons. The number of allylic oxidation sites excluding steroid dienone is 1. The fraction of sp³-hybridized carbons (Fsp3) is 0.158. The summed E-state index contributed by atoms with van der Waals surface area (Å²) in [5.41, 5.74) is 3.03. The lowest BCUT2D eigenvalue weighted by Gasteiger charge is -2.26. The fourth-order valence-electron chi connectivity index (χ4n) is 3.10. The molecule has 0 radical (unpaired) electrons. The largest absolute Gasteiger partial charge is 0.493 e. The number of anilines is 1. The summed E-state index contributed by atoms with van der Waals surface area (Å²) in [6.45, 7) is 0. The van der Waals surface area contributed by atoms with Crippen LogP contribution in [0.4, 0.5) is 5.95 Å². The van der Waals surface area contributed by atoms with Crippen LogP contribution in [0.15, 0.2) is 54.9 Å². The van der Waals surface area contributed by atoms with E-state index in [1.54, 1.807) is 20.5 Å². The lowest BCUT2D eigenvalue weighted by Crippen LogP contribution is -2.20. The molecule has 1 atom stereocenters. The number of aromatic nitrogens is 3. The van der Waals surface area contributed by atoms with Crippen molar-refractivity contribution in [2.75, 3.05) is 19.5 Å². The van der Waals surface area contributed by atoms with E-state index < -0.39 is 0 Å². The lowest BCUT2D eigenvalue weighted by atomic mass is 10.0. The fourth-order valence-corrected chi connectivity index (χ4v) is 3.46. The highest BCUT2D eigenvalue weighted by Gasteiger charge is 2.27. The average molecular weight is 460 g/mol. The number of rotatable bonds is 4. The predicted octanol–water partition coefficient (Wildman–Crippen LogP) is 3.96. The Balaban J connectivity index is 1.85. The second-order valence-electron chi connectivity index (χ2n) is 5.77. The number of hydrogen-bond acceptors (Lipinski definition) is 5. The second kappa shape index (κ2) is 6.99. The molecule has 1 aliphatic rings. The van der Waals surface area contributed by atoms with Crippen molar-refractivity contribution in [1.82, 2.24) is 14.8 Å². The molecule has 6 nitrogen and oxygen atoms in total. The number of para-hydroxylation sites is 1. The molecular formula is C19H17IN4O2. The van der Waals surface area contributed by atoms with Crippen molar-refractivity contribution < 1.29 is 9.47 Å². The van der Waals surface area contributed by atoms with Gasteiger partial charge in [0.1, 0.15) is 12.4 Å². The van der Waals surface area contributed by atoms with E-state index in [4.69, 9.17) is 9.47 Å². The molecule has 3 aromatic rings. The monoisotopic (exact) mass is 460 g/mol. The van der Waals surface area contributed by atoms with Crippen molar-refractivity contribution >= 4 is 34.2 Å². The maximum Gasteiger partial charge on any atom is 0.226 e. The summed E-state index contributed by atoms with van der Waals surface area (Å²) < 4.78 is 14.1. The normalized spacial score (nSPS) is 15.7. The Labute approximate surface area is 165 Å². The molecule has 0 fully saturated rings. The number of halogens is 1. The minimum absolute atomic E-state index is 0.159. The molecule has 2 heterocycles. The summed E-state index contributed by atoms with van der Waals surface area (Å²) in [6, 6.07) is 14.0. The molecule has 26 heavy (non-hydrogen) atoms. The third kappa shape index (κ3) is 2.92. The number of ether oxygens (including phenoxy) is 2. The number of nitrogens with zero attached hydrogens (tertiary/aromatic N) is 3. The molecule has 0 saturated heterocycles. The summed E-state index contributed by atoms with van der Waals surface area (Å²) in [7, 11) is 3.28. The third-order valence-corrected chi connectivity index (χ3v) is 5.03. The quantitative estimate of drug-likeness (QED) is 0.598. The molecule has 0 spiro atoms. The van der Waals surface area contributed by atoms with Crippen LogP contribution in [0, 0.1) is 3.57 Å². The molecule has 2 aromatic carbocycles. The molecule has 0 amide bonds. The molecule has 0 saturated carbocycles. The van der Waals surface area contributed by atoms with Crippen molar-refractivity contribution in [2.45, 2.75) is 6.04 Å². The Morgan fingerprint density at radius 2 is 1.88 bits per heavy atom. The van der Waals surface area contributed by atoms with Gasteiger partial charge in [0.25, 0.3) is 0 Å². The molecule has 1 N–H and O–H groups in total. The first-order valence-electron chi connectivity index (χ1n) is 8.06. The topological polar surface area (TPSA) is 61.2 Å². The van der Waals surface area contributed by atoms with E-state index in [9.17, 15) is 0 Å². The Morgan fingerprint density at radius 1 is 1.08 bits per heavy atom. The SMILES string of the molecule is COc1cccc([C@H]2C=C(c3ccc(I)cc3)Nc3ncnn32)c1OC. The first-order valence-corrected chi connectivity index (χ1v) is 9.14. The van der Waals surface area contributed by atoms with E-state index in [0.717, 1.165) is 16.8 Å². The van der Waals surface area contributed by atoms with Gasteiger partial charge in [-0.1, -0.05) is 24.3 Å². The van der Waals surface area contributed by atoms with E-state index >= 15 is 0 Å². The Kier molecular flexibility index (Phi) is 4.54. The third-order valence-electron chi connectivity index (χ3n) is 4.31. The van der Waals surface area contributed by atoms with Crippen LogP contribution < -0.4 is 14.8 Å². The zero-order valence-corrected chi connectivity index (χ0v) is 16.5. The smallest absolute Gasteiger partial charge is 0.226 e. The van der Waals surface area contributed by atoms with Crippen molar-refractivity contribution in [1.29, 1.82) is 0 Å². The highest BCUT2D eigenvalue weighted by Crippen LogP contribution is 2.40. The molecule has 4 rings (SSSR count). The zero-order valence-electron chi connectivity index (χ0n) is 14.3. The van der Waals surface area contributed by atoms with Gasteiger partial charge in [0.15, 0.2) is 11.5 Å². The van der Waals surface area contributed by atoms with Crippen LogP contribution in [0.5, 0.6) is 11.5 Å². The minimum Gasteiger partial charge on any atom is -0.493 e. The van der Waals surface area contributed by atoms with Crippen LogP contribution in [0.2, 0.25) is 0 Å². The summed E-state index contributed by atoms with van der Waals surface area (Å²) in [5.74, 6) is 2.08. The first kappa shape index (κ1) is 16.9. The van der Waals surface area contributed by atoms with E-state index in [0.29, 0.717) is 17.4 Å². The van der Waals surface area contributed by atoms with Gasteiger partial charge in [0.2, 0.25) is 5.95 Å². The van der Waals surface area contributed by atoms with Crippen LogP contribution >= 0.6 is 22.6 Å². The van der Waals surface area contributed by atoms with Gasteiger partial charge in [-0.2, -0.15) is 10.1 Å². The molecular weight excluding hydrogens is 443 g/mol. The molecule has 0 bridgehead atoms. The van der Waals surface area contributed by atoms with E-state index in [-0.39, 0.29) is 6.04 Å². The average Bonchev–Trinajstić information content (AvgIpc) is 3.15. The number of fused-ring (bicyclic) bond motifs is 1. The van der Waals surface area contributed by atoms with Crippen LogP contribution in [-0.2, 0) is 0 Å².